The summed E-state index contributed by atoms with van der Waals surface area (Å²) in [7, 11) is 4.69. The van der Waals surface area contributed by atoms with E-state index in [-0.39, 0.29) is 48.1 Å². The van der Waals surface area contributed by atoms with E-state index in [1.165, 1.54) is 33.4 Å². The molecule has 0 saturated heterocycles. The SMILES string of the molecule is [CH2-]N(c1[c-]c(Oc2[c-]c3c(cc2)c2ccc(-c4ccccc4)cc2n3-c2cc(C(C)(C)C)ccn2)cc(C(C)(C)C)c1)c1ccccc1Nc1cc(-c2cc(C(C)(C)C)cc(C(C)(C)C)c2)cc(C(C)(C)C)c1.[Pt]. The first-order valence-electron chi connectivity index (χ1n) is 25.8. The molecular formula is C68H73N4OPt-3. The minimum absolute atomic E-state index is 0. The number of hydrogen-bond donors (Lipinski definition) is 1. The summed E-state index contributed by atoms with van der Waals surface area (Å²) in [4.78, 5) is 6.94. The van der Waals surface area contributed by atoms with Gasteiger partial charge in [-0.05, 0) is 119 Å². The summed E-state index contributed by atoms with van der Waals surface area (Å²) in [5.74, 6) is 1.99. The molecule has 0 aliphatic heterocycles. The van der Waals surface area contributed by atoms with Crippen LogP contribution in [0.1, 0.15) is 132 Å². The van der Waals surface area contributed by atoms with E-state index in [2.05, 4.69) is 265 Å². The summed E-state index contributed by atoms with van der Waals surface area (Å²) < 4.78 is 9.11. The van der Waals surface area contributed by atoms with E-state index >= 15 is 0 Å². The number of nitrogens with one attached hydrogen (secondary N) is 1. The zero-order chi connectivity index (χ0) is 52.4. The number of fused-ring (bicyclic) bond motifs is 3. The molecule has 384 valence electrons. The maximum atomic E-state index is 6.88. The predicted octanol–water partition coefficient (Wildman–Crippen LogP) is 19.1. The van der Waals surface area contributed by atoms with Crippen LogP contribution in [0.4, 0.5) is 22.7 Å². The van der Waals surface area contributed by atoms with Crippen molar-refractivity contribution in [1.29, 1.82) is 0 Å². The Labute approximate surface area is 456 Å². The van der Waals surface area contributed by atoms with Gasteiger partial charge in [0, 0.05) is 55.7 Å². The third-order valence-electron chi connectivity index (χ3n) is 14.1. The fourth-order valence-electron chi connectivity index (χ4n) is 9.38. The average molecular weight is 1160 g/mol. The number of benzene rings is 7. The Morgan fingerprint density at radius 3 is 1.69 bits per heavy atom. The van der Waals surface area contributed by atoms with Crippen molar-refractivity contribution in [3.05, 3.63) is 199 Å². The second-order valence-corrected chi connectivity index (χ2v) is 25.1. The molecule has 0 aliphatic carbocycles. The molecule has 0 aliphatic rings. The number of ether oxygens (including phenoxy) is 1. The zero-order valence-corrected chi connectivity index (χ0v) is 48.5. The summed E-state index contributed by atoms with van der Waals surface area (Å²) in [6, 6.07) is 59.8. The monoisotopic (exact) mass is 1160 g/mol. The molecule has 7 aromatic carbocycles. The maximum Gasteiger partial charge on any atom is 0.135 e. The van der Waals surface area contributed by atoms with Crippen LogP contribution in [0, 0.1) is 19.2 Å². The molecule has 0 radical (unpaired) electrons. The Morgan fingerprint density at radius 2 is 1.05 bits per heavy atom. The smallest absolute Gasteiger partial charge is 0.135 e. The van der Waals surface area contributed by atoms with Crippen LogP contribution in [0.3, 0.4) is 0 Å². The van der Waals surface area contributed by atoms with Gasteiger partial charge in [-0.3, -0.25) is 7.05 Å². The number of hydrogen-bond acceptors (Lipinski definition) is 4. The molecule has 1 N–H and O–H groups in total. The fourth-order valence-corrected chi connectivity index (χ4v) is 9.38. The van der Waals surface area contributed by atoms with Crippen molar-refractivity contribution >= 4 is 44.6 Å². The van der Waals surface area contributed by atoms with Crippen LogP contribution in [0.2, 0.25) is 0 Å². The quantitative estimate of drug-likeness (QED) is 0.146. The van der Waals surface area contributed by atoms with Gasteiger partial charge in [-0.1, -0.05) is 188 Å². The molecule has 2 aromatic heterocycles. The van der Waals surface area contributed by atoms with Crippen LogP contribution in [0.25, 0.3) is 49.9 Å². The Balaban J connectivity index is 0.00000729. The first kappa shape index (κ1) is 53.9. The number of aromatic nitrogens is 2. The minimum atomic E-state index is -0.207. The van der Waals surface area contributed by atoms with Gasteiger partial charge in [-0.2, -0.15) is 6.07 Å². The minimum Gasteiger partial charge on any atom is -0.516 e. The molecule has 0 amide bonds. The van der Waals surface area contributed by atoms with Gasteiger partial charge in [0.2, 0.25) is 0 Å². The van der Waals surface area contributed by atoms with Crippen LogP contribution in [-0.2, 0) is 48.1 Å². The third kappa shape index (κ3) is 11.4. The average Bonchev–Trinajstić information content (AvgIpc) is 3.65. The van der Waals surface area contributed by atoms with Crippen molar-refractivity contribution in [2.45, 2.75) is 131 Å². The largest absolute Gasteiger partial charge is 0.516 e. The van der Waals surface area contributed by atoms with E-state index in [4.69, 9.17) is 16.8 Å². The molecule has 0 fully saturated rings. The first-order chi connectivity index (χ1) is 34.2. The Kier molecular flexibility index (Phi) is 14.6. The Hall–Kier alpha value is -6.42. The van der Waals surface area contributed by atoms with Gasteiger partial charge < -0.3 is 19.5 Å². The van der Waals surface area contributed by atoms with Crippen molar-refractivity contribution in [3.8, 4) is 39.6 Å². The molecule has 0 spiro atoms. The zero-order valence-electron chi connectivity index (χ0n) is 46.2. The molecule has 6 heteroatoms. The van der Waals surface area contributed by atoms with Gasteiger partial charge in [0.15, 0.2) is 0 Å². The Morgan fingerprint density at radius 1 is 0.486 bits per heavy atom. The van der Waals surface area contributed by atoms with Gasteiger partial charge in [0.1, 0.15) is 5.82 Å². The van der Waals surface area contributed by atoms with Crippen molar-refractivity contribution in [2.24, 2.45) is 0 Å². The van der Waals surface area contributed by atoms with E-state index in [9.17, 15) is 0 Å². The molecule has 0 atom stereocenters. The number of rotatable bonds is 9. The molecule has 9 rings (SSSR count). The van der Waals surface area contributed by atoms with Crippen LogP contribution in [-0.4, -0.2) is 9.55 Å². The van der Waals surface area contributed by atoms with Crippen LogP contribution in [0.15, 0.2) is 152 Å². The second kappa shape index (κ2) is 20.0. The summed E-state index contributed by atoms with van der Waals surface area (Å²) in [6.45, 7) is 34.0. The van der Waals surface area contributed by atoms with Gasteiger partial charge >= 0.3 is 0 Å². The number of para-hydroxylation sites is 2. The molecule has 2 heterocycles. The number of anilines is 4. The maximum absolute atomic E-state index is 6.88. The van der Waals surface area contributed by atoms with Gasteiger partial charge in [-0.25, -0.2) is 4.98 Å². The van der Waals surface area contributed by atoms with Crippen molar-refractivity contribution in [2.75, 3.05) is 10.2 Å². The van der Waals surface area contributed by atoms with Crippen molar-refractivity contribution in [1.82, 2.24) is 9.55 Å². The number of pyridine rings is 1. The van der Waals surface area contributed by atoms with Gasteiger partial charge in [-0.15, -0.1) is 47.0 Å². The molecule has 0 unspecified atom stereocenters. The summed E-state index contributed by atoms with van der Waals surface area (Å²) in [6.07, 6.45) is 1.91. The predicted molar refractivity (Wildman–Crippen MR) is 311 cm³/mol. The van der Waals surface area contributed by atoms with Crippen LogP contribution in [0.5, 0.6) is 11.5 Å². The molecule has 9 aromatic rings. The summed E-state index contributed by atoms with van der Waals surface area (Å²) in [5.41, 5.74) is 16.1. The van der Waals surface area contributed by atoms with E-state index in [0.717, 1.165) is 67.1 Å². The summed E-state index contributed by atoms with van der Waals surface area (Å²) >= 11 is 0. The Bertz CT molecular complexity index is 3460. The molecule has 74 heavy (non-hydrogen) atoms. The first-order valence-corrected chi connectivity index (χ1v) is 25.8. The van der Waals surface area contributed by atoms with E-state index in [1.807, 2.05) is 17.2 Å². The van der Waals surface area contributed by atoms with Crippen LogP contribution >= 0.6 is 0 Å². The molecule has 0 bridgehead atoms. The van der Waals surface area contributed by atoms with Gasteiger partial charge in [0.25, 0.3) is 0 Å². The van der Waals surface area contributed by atoms with Crippen molar-refractivity contribution < 1.29 is 25.8 Å². The van der Waals surface area contributed by atoms with E-state index in [0.29, 0.717) is 11.5 Å². The normalized spacial score (nSPS) is 12.5. The van der Waals surface area contributed by atoms with Crippen molar-refractivity contribution in [3.63, 3.8) is 0 Å². The molecule has 5 nitrogen and oxygen atoms in total. The van der Waals surface area contributed by atoms with Gasteiger partial charge in [0.05, 0.1) is 5.69 Å². The second-order valence-electron chi connectivity index (χ2n) is 25.1. The third-order valence-corrected chi connectivity index (χ3v) is 14.1. The standard InChI is InChI=1S/C68H73N4O.Pt/c1-64(2,3)48-30-31-69-63(41-48)72-61-36-45(44-22-18-17-19-23-44)26-28-57(61)58-29-27-55(43-62(58)72)73-56-40-52(68(13,14)15)39-54(42-56)71(16)60-25-21-20-24-59(60)70-53-35-47(34-51(38-53)67(10,11)12)46-32-49(65(4,5)6)37-50(33-46)66(7,8)9;/h17-41,70H,16H2,1-15H3;/q-3;. The van der Waals surface area contributed by atoms with Crippen LogP contribution < -0.4 is 15.0 Å². The van der Waals surface area contributed by atoms with E-state index < -0.39 is 0 Å². The summed E-state index contributed by atoms with van der Waals surface area (Å²) in [5, 5.41) is 6.06. The topological polar surface area (TPSA) is 42.3 Å². The number of nitrogens with zero attached hydrogens (tertiary/aromatic N) is 3. The fraction of sp³-hybridized carbons (Fsp3) is 0.294. The van der Waals surface area contributed by atoms with E-state index in [1.54, 1.807) is 0 Å². The molecular weight excluding hydrogens is 1080 g/mol. The molecule has 0 saturated carbocycles.